The van der Waals surface area contributed by atoms with Crippen LogP contribution < -0.4 is 5.32 Å². The van der Waals surface area contributed by atoms with Crippen LogP contribution in [0.1, 0.15) is 0 Å². The zero-order valence-electron chi connectivity index (χ0n) is 13.0. The van der Waals surface area contributed by atoms with Crippen LogP contribution in [0.25, 0.3) is 10.8 Å². The van der Waals surface area contributed by atoms with Crippen molar-refractivity contribution in [2.45, 2.75) is 9.79 Å². The molecule has 0 bridgehead atoms. The van der Waals surface area contributed by atoms with E-state index < -0.39 is 48.0 Å². The highest BCUT2D eigenvalue weighted by atomic mass is 32.2. The zero-order chi connectivity index (χ0) is 20.0. The van der Waals surface area contributed by atoms with Crippen LogP contribution in [-0.2, 0) is 20.2 Å². The molecule has 0 atom stereocenters. The van der Waals surface area contributed by atoms with E-state index in [0.29, 0.717) is 5.39 Å². The summed E-state index contributed by atoms with van der Waals surface area (Å²) in [6.45, 7) is 0. The minimum atomic E-state index is -4.78. The lowest BCUT2D eigenvalue weighted by atomic mass is 10.1. The molecule has 2 aromatic carbocycles. The third-order valence-corrected chi connectivity index (χ3v) is 5.09. The van der Waals surface area contributed by atoms with Crippen LogP contribution in [0.5, 0.6) is 12.0 Å². The van der Waals surface area contributed by atoms with Crippen molar-refractivity contribution in [3.63, 3.8) is 0 Å². The number of anilines is 2. The Balaban J connectivity index is 2.22. The second-order valence-corrected chi connectivity index (χ2v) is 8.00. The maximum atomic E-state index is 11.7. The minimum Gasteiger partial charge on any atom is -0.479 e. The van der Waals surface area contributed by atoms with Gasteiger partial charge in [0.1, 0.15) is 4.90 Å². The van der Waals surface area contributed by atoms with Gasteiger partial charge in [0.25, 0.3) is 20.2 Å². The Kier molecular flexibility index (Phi) is 4.35. The van der Waals surface area contributed by atoms with Gasteiger partial charge in [-0.05, 0) is 35.0 Å². The molecule has 0 aliphatic carbocycles. The molecule has 0 aliphatic heterocycles. The Bertz CT molecular complexity index is 1250. The third-order valence-electron chi connectivity index (χ3n) is 3.34. The summed E-state index contributed by atoms with van der Waals surface area (Å²) in [6.07, 6.45) is 0. The molecular weight excluding hydrogens is 404 g/mol. The van der Waals surface area contributed by atoms with E-state index in [1.807, 2.05) is 0 Å². The number of benzene rings is 2. The Morgan fingerprint density at radius 1 is 0.778 bits per heavy atom. The van der Waals surface area contributed by atoms with Gasteiger partial charge in [-0.25, -0.2) is 0 Å². The molecule has 3 aromatic rings. The van der Waals surface area contributed by atoms with E-state index in [0.717, 1.165) is 18.2 Å². The van der Waals surface area contributed by atoms with Crippen molar-refractivity contribution < 1.29 is 36.2 Å². The molecule has 1 heterocycles. The van der Waals surface area contributed by atoms with Crippen LogP contribution in [0.15, 0.2) is 40.1 Å². The molecule has 0 saturated carbocycles. The van der Waals surface area contributed by atoms with Gasteiger partial charge in [0.2, 0.25) is 5.95 Å². The molecule has 14 heteroatoms. The monoisotopic (exact) mass is 414 g/mol. The number of aromatic hydroxyl groups is 2. The van der Waals surface area contributed by atoms with Crippen LogP contribution in [-0.4, -0.2) is 51.1 Å². The largest absolute Gasteiger partial charge is 0.479 e. The Hall–Kier alpha value is -3.07. The van der Waals surface area contributed by atoms with Crippen LogP contribution in [0.2, 0.25) is 0 Å². The fraction of sp³-hybridized carbons (Fsp3) is 0. The number of hydrogen-bond acceptors (Lipinski definition) is 10. The molecule has 0 radical (unpaired) electrons. The van der Waals surface area contributed by atoms with Crippen molar-refractivity contribution in [1.29, 1.82) is 0 Å². The molecule has 27 heavy (non-hydrogen) atoms. The van der Waals surface area contributed by atoms with Crippen LogP contribution in [0, 0.1) is 0 Å². The van der Waals surface area contributed by atoms with Crippen LogP contribution >= 0.6 is 0 Å². The summed E-state index contributed by atoms with van der Waals surface area (Å²) >= 11 is 0. The second-order valence-electron chi connectivity index (χ2n) is 5.19. The Labute approximate surface area is 151 Å². The number of nitrogens with one attached hydrogen (secondary N) is 1. The first-order valence-corrected chi connectivity index (χ1v) is 9.75. The van der Waals surface area contributed by atoms with Crippen LogP contribution in [0.4, 0.5) is 11.6 Å². The van der Waals surface area contributed by atoms with E-state index in [9.17, 15) is 31.6 Å². The first-order valence-electron chi connectivity index (χ1n) is 6.87. The molecular formula is C13H10N4O8S2. The highest BCUT2D eigenvalue weighted by Crippen LogP contribution is 2.31. The van der Waals surface area contributed by atoms with Gasteiger partial charge in [0, 0.05) is 0 Å². The van der Waals surface area contributed by atoms with E-state index in [-0.39, 0.29) is 11.1 Å². The van der Waals surface area contributed by atoms with Gasteiger partial charge in [-0.15, -0.1) is 4.98 Å². The predicted octanol–water partition coefficient (Wildman–Crippen LogP) is 0.673. The fourth-order valence-corrected chi connectivity index (χ4v) is 3.44. The molecule has 0 spiro atoms. The van der Waals surface area contributed by atoms with Gasteiger partial charge in [-0.1, -0.05) is 6.07 Å². The summed E-state index contributed by atoms with van der Waals surface area (Å²) in [7, 11) is -9.31. The quantitative estimate of drug-likeness (QED) is 0.374. The lowest BCUT2D eigenvalue weighted by Gasteiger charge is -2.11. The average molecular weight is 414 g/mol. The Morgan fingerprint density at radius 3 is 1.96 bits per heavy atom. The standard InChI is InChI=1S/C13H10N4O8S2/c18-12-15-11(16-13(19)17-12)14-9-4-6-1-2-8(26(20,21)22)3-7(6)5-10(9)27(23,24)25/h1-5H,(H,20,21,22)(H,23,24,25)(H3,14,15,16,17,18,19). The summed E-state index contributed by atoms with van der Waals surface area (Å²) < 4.78 is 64.4. The predicted molar refractivity (Wildman–Crippen MR) is 90.0 cm³/mol. The summed E-state index contributed by atoms with van der Waals surface area (Å²) in [5.41, 5.74) is -0.227. The topological polar surface area (TPSA) is 200 Å². The molecule has 1 aromatic heterocycles. The molecule has 0 unspecified atom stereocenters. The number of fused-ring (bicyclic) bond motifs is 1. The summed E-state index contributed by atoms with van der Waals surface area (Å²) in [6, 6.07) is 3.92. The molecule has 3 rings (SSSR count). The zero-order valence-corrected chi connectivity index (χ0v) is 14.6. The first kappa shape index (κ1) is 18.7. The maximum absolute atomic E-state index is 11.7. The van der Waals surface area contributed by atoms with Gasteiger partial charge in [-0.3, -0.25) is 9.11 Å². The number of rotatable bonds is 4. The van der Waals surface area contributed by atoms with Crippen LogP contribution in [0.3, 0.4) is 0 Å². The van der Waals surface area contributed by atoms with Crippen molar-refractivity contribution >= 4 is 42.6 Å². The lowest BCUT2D eigenvalue weighted by molar-refractivity contribution is 0.384. The van der Waals surface area contributed by atoms with Crippen molar-refractivity contribution in [1.82, 2.24) is 15.0 Å². The van der Waals surface area contributed by atoms with E-state index in [2.05, 4.69) is 20.3 Å². The third kappa shape index (κ3) is 4.03. The van der Waals surface area contributed by atoms with Crippen molar-refractivity contribution in [3.8, 4) is 12.0 Å². The van der Waals surface area contributed by atoms with E-state index in [4.69, 9.17) is 4.55 Å². The highest BCUT2D eigenvalue weighted by Gasteiger charge is 2.19. The van der Waals surface area contributed by atoms with Crippen molar-refractivity contribution in [2.24, 2.45) is 0 Å². The lowest BCUT2D eigenvalue weighted by Crippen LogP contribution is -2.06. The van der Waals surface area contributed by atoms with Gasteiger partial charge in [0.15, 0.2) is 0 Å². The van der Waals surface area contributed by atoms with Gasteiger partial charge < -0.3 is 15.5 Å². The summed E-state index contributed by atoms with van der Waals surface area (Å²) in [5.74, 6) is -0.418. The second kappa shape index (κ2) is 6.27. The van der Waals surface area contributed by atoms with Gasteiger partial charge in [0.05, 0.1) is 10.6 Å². The average Bonchev–Trinajstić information content (AvgIpc) is 2.50. The normalized spacial score (nSPS) is 12.2. The molecule has 0 fully saturated rings. The summed E-state index contributed by atoms with van der Waals surface area (Å²) in [5, 5.41) is 21.4. The molecule has 142 valence electrons. The van der Waals surface area contributed by atoms with Gasteiger partial charge >= 0.3 is 12.0 Å². The first-order chi connectivity index (χ1) is 12.4. The van der Waals surface area contributed by atoms with E-state index in [1.54, 1.807) is 0 Å². The SMILES string of the molecule is O=S(=O)(O)c1ccc2cc(Nc3nc(O)nc(O)n3)c(S(=O)(=O)O)cc2c1. The highest BCUT2D eigenvalue weighted by molar-refractivity contribution is 7.86. The fourth-order valence-electron chi connectivity index (χ4n) is 2.26. The van der Waals surface area contributed by atoms with Crippen molar-refractivity contribution in [3.05, 3.63) is 30.3 Å². The number of hydrogen-bond donors (Lipinski definition) is 5. The van der Waals surface area contributed by atoms with Crippen molar-refractivity contribution in [2.75, 3.05) is 5.32 Å². The Morgan fingerprint density at radius 2 is 1.41 bits per heavy atom. The number of aromatic nitrogens is 3. The maximum Gasteiger partial charge on any atom is 0.321 e. The molecule has 5 N–H and O–H groups in total. The molecule has 0 amide bonds. The van der Waals surface area contributed by atoms with Gasteiger partial charge in [-0.2, -0.15) is 26.8 Å². The minimum absolute atomic E-state index is 0.0876. The van der Waals surface area contributed by atoms with E-state index in [1.165, 1.54) is 12.1 Å². The van der Waals surface area contributed by atoms with E-state index >= 15 is 0 Å². The molecule has 0 saturated heterocycles. The smallest absolute Gasteiger partial charge is 0.321 e. The molecule has 12 nitrogen and oxygen atoms in total. The molecule has 0 aliphatic rings. The summed E-state index contributed by atoms with van der Waals surface area (Å²) in [4.78, 5) is 8.90. The number of nitrogens with zero attached hydrogens (tertiary/aromatic N) is 3.